The first-order valence-electron chi connectivity index (χ1n) is 5.70. The minimum atomic E-state index is -0.773. The van der Waals surface area contributed by atoms with E-state index in [0.717, 1.165) is 18.2 Å². The molecule has 1 unspecified atom stereocenters. The van der Waals surface area contributed by atoms with Crippen molar-refractivity contribution in [3.05, 3.63) is 52.3 Å². The molecule has 3 N–H and O–H groups in total. The summed E-state index contributed by atoms with van der Waals surface area (Å²) in [6.07, 6.45) is 1.45. The van der Waals surface area contributed by atoms with Crippen LogP contribution in [0.1, 0.15) is 24.2 Å². The number of nitrogens with zero attached hydrogens (tertiary/aromatic N) is 2. The lowest BCUT2D eigenvalue weighted by Gasteiger charge is -2.19. The van der Waals surface area contributed by atoms with E-state index >= 15 is 0 Å². The molecule has 1 heterocycles. The number of hydrazine groups is 1. The van der Waals surface area contributed by atoms with Crippen LogP contribution in [0.3, 0.4) is 0 Å². The summed E-state index contributed by atoms with van der Waals surface area (Å²) in [4.78, 5) is 0. The zero-order valence-corrected chi connectivity index (χ0v) is 11.0. The molecule has 0 aliphatic heterocycles. The Morgan fingerprint density at radius 3 is 2.84 bits per heavy atom. The van der Waals surface area contributed by atoms with Crippen molar-refractivity contribution in [2.45, 2.75) is 19.5 Å². The maximum absolute atomic E-state index is 13.8. The summed E-state index contributed by atoms with van der Waals surface area (Å²) < 4.78 is 28.7. The van der Waals surface area contributed by atoms with Gasteiger partial charge in [0.1, 0.15) is 11.6 Å². The van der Waals surface area contributed by atoms with Crippen LogP contribution in [0.25, 0.3) is 0 Å². The third-order valence-corrected chi connectivity index (χ3v) is 3.13. The summed E-state index contributed by atoms with van der Waals surface area (Å²) in [5.74, 6) is 4.36. The molecule has 1 aromatic heterocycles. The van der Waals surface area contributed by atoms with Crippen LogP contribution in [0.15, 0.2) is 24.4 Å². The lowest BCUT2D eigenvalue weighted by atomic mass is 10.0. The zero-order valence-electron chi connectivity index (χ0n) is 10.2. The summed E-state index contributed by atoms with van der Waals surface area (Å²) >= 11 is 6.04. The first kappa shape index (κ1) is 13.9. The number of aryl methyl sites for hydroxylation is 1. The van der Waals surface area contributed by atoms with E-state index in [9.17, 15) is 8.78 Å². The maximum Gasteiger partial charge on any atom is 0.128 e. The summed E-state index contributed by atoms with van der Waals surface area (Å²) in [7, 11) is 0. The van der Waals surface area contributed by atoms with Gasteiger partial charge in [0.2, 0.25) is 0 Å². The largest absolute Gasteiger partial charge is 0.271 e. The van der Waals surface area contributed by atoms with Gasteiger partial charge >= 0.3 is 0 Å². The van der Waals surface area contributed by atoms with E-state index in [2.05, 4.69) is 10.5 Å². The molecule has 1 atom stereocenters. The average molecular weight is 287 g/mol. The van der Waals surface area contributed by atoms with Gasteiger partial charge in [0, 0.05) is 12.1 Å². The molecule has 2 aromatic rings. The van der Waals surface area contributed by atoms with Gasteiger partial charge in [-0.2, -0.15) is 5.10 Å². The number of halogens is 3. The van der Waals surface area contributed by atoms with Crippen molar-refractivity contribution in [1.29, 1.82) is 0 Å². The predicted molar refractivity (Wildman–Crippen MR) is 68.4 cm³/mol. The Balaban J connectivity index is 2.56. The second-order valence-corrected chi connectivity index (χ2v) is 4.37. The van der Waals surface area contributed by atoms with Crippen molar-refractivity contribution >= 4 is 11.6 Å². The molecular weight excluding hydrogens is 274 g/mol. The van der Waals surface area contributed by atoms with E-state index in [-0.39, 0.29) is 5.56 Å². The molecule has 1 aromatic carbocycles. The van der Waals surface area contributed by atoms with Crippen LogP contribution in [0.2, 0.25) is 5.02 Å². The highest BCUT2D eigenvalue weighted by Crippen LogP contribution is 2.29. The molecule has 102 valence electrons. The minimum Gasteiger partial charge on any atom is -0.271 e. The number of nitrogens with one attached hydrogen (secondary N) is 1. The Bertz CT molecular complexity index is 585. The van der Waals surface area contributed by atoms with Crippen LogP contribution in [-0.2, 0) is 6.54 Å². The molecule has 0 spiro atoms. The normalized spacial score (nSPS) is 12.7. The highest BCUT2D eigenvalue weighted by molar-refractivity contribution is 6.31. The van der Waals surface area contributed by atoms with E-state index in [1.807, 2.05) is 6.92 Å². The quantitative estimate of drug-likeness (QED) is 0.670. The standard InChI is InChI=1S/C12H13ClF2N4/c1-2-19-12(9(13)6-17-19)11(18-16)8-5-7(14)3-4-10(8)15/h3-6,11,18H,2,16H2,1H3. The fourth-order valence-corrected chi connectivity index (χ4v) is 2.21. The molecule has 0 amide bonds. The minimum absolute atomic E-state index is 0.0830. The van der Waals surface area contributed by atoms with Crippen LogP contribution in [0.5, 0.6) is 0 Å². The van der Waals surface area contributed by atoms with Crippen molar-refractivity contribution in [3.8, 4) is 0 Å². The number of hydrogen-bond donors (Lipinski definition) is 2. The van der Waals surface area contributed by atoms with Gasteiger partial charge in [0.05, 0.1) is 23.0 Å². The van der Waals surface area contributed by atoms with E-state index in [0.29, 0.717) is 17.3 Å². The van der Waals surface area contributed by atoms with Crippen molar-refractivity contribution in [2.75, 3.05) is 0 Å². The average Bonchev–Trinajstić information content (AvgIpc) is 2.76. The number of hydrogen-bond acceptors (Lipinski definition) is 3. The predicted octanol–water partition coefficient (Wildman–Crippen LogP) is 2.39. The second-order valence-electron chi connectivity index (χ2n) is 3.96. The monoisotopic (exact) mass is 286 g/mol. The van der Waals surface area contributed by atoms with E-state index in [1.165, 1.54) is 6.20 Å². The topological polar surface area (TPSA) is 55.9 Å². The molecule has 0 fully saturated rings. The Morgan fingerprint density at radius 2 is 2.21 bits per heavy atom. The lowest BCUT2D eigenvalue weighted by molar-refractivity contribution is 0.509. The first-order chi connectivity index (χ1) is 9.08. The fourth-order valence-electron chi connectivity index (χ4n) is 1.96. The molecule has 19 heavy (non-hydrogen) atoms. The van der Waals surface area contributed by atoms with Gasteiger partial charge < -0.3 is 0 Å². The molecular formula is C12H13ClF2N4. The van der Waals surface area contributed by atoms with Crippen molar-refractivity contribution in [1.82, 2.24) is 15.2 Å². The van der Waals surface area contributed by atoms with Gasteiger partial charge in [-0.1, -0.05) is 11.6 Å². The number of benzene rings is 1. The van der Waals surface area contributed by atoms with Gasteiger partial charge in [0.15, 0.2) is 0 Å². The number of aromatic nitrogens is 2. The molecule has 7 heteroatoms. The van der Waals surface area contributed by atoms with Gasteiger partial charge in [0.25, 0.3) is 0 Å². The van der Waals surface area contributed by atoms with Crippen LogP contribution >= 0.6 is 11.6 Å². The Kier molecular flexibility index (Phi) is 4.14. The molecule has 0 saturated carbocycles. The first-order valence-corrected chi connectivity index (χ1v) is 6.08. The van der Waals surface area contributed by atoms with Crippen LogP contribution in [0, 0.1) is 11.6 Å². The van der Waals surface area contributed by atoms with Gasteiger partial charge in [-0.05, 0) is 25.1 Å². The SMILES string of the molecule is CCn1ncc(Cl)c1C(NN)c1cc(F)ccc1F. The summed E-state index contributed by atoms with van der Waals surface area (Å²) in [6.45, 7) is 2.40. The van der Waals surface area contributed by atoms with Crippen molar-refractivity contribution in [3.63, 3.8) is 0 Å². The molecule has 0 radical (unpaired) electrons. The zero-order chi connectivity index (χ0) is 14.0. The van der Waals surface area contributed by atoms with Gasteiger partial charge in [-0.3, -0.25) is 10.5 Å². The van der Waals surface area contributed by atoms with E-state index in [1.54, 1.807) is 4.68 Å². The van der Waals surface area contributed by atoms with Crippen LogP contribution < -0.4 is 11.3 Å². The molecule has 2 rings (SSSR count). The Labute approximate surface area is 114 Å². The van der Waals surface area contributed by atoms with Gasteiger partial charge in [-0.25, -0.2) is 14.2 Å². The third kappa shape index (κ3) is 2.60. The smallest absolute Gasteiger partial charge is 0.128 e. The van der Waals surface area contributed by atoms with Crippen LogP contribution in [0.4, 0.5) is 8.78 Å². The second kappa shape index (κ2) is 5.64. The number of rotatable bonds is 4. The Morgan fingerprint density at radius 1 is 1.47 bits per heavy atom. The molecule has 0 aliphatic carbocycles. The van der Waals surface area contributed by atoms with E-state index < -0.39 is 17.7 Å². The molecule has 0 aliphatic rings. The third-order valence-electron chi connectivity index (χ3n) is 2.84. The van der Waals surface area contributed by atoms with Crippen molar-refractivity contribution in [2.24, 2.45) is 5.84 Å². The molecule has 0 saturated heterocycles. The highest BCUT2D eigenvalue weighted by Gasteiger charge is 2.23. The van der Waals surface area contributed by atoms with Crippen molar-refractivity contribution < 1.29 is 8.78 Å². The summed E-state index contributed by atoms with van der Waals surface area (Å²) in [5.41, 5.74) is 3.03. The Hall–Kier alpha value is -1.50. The fraction of sp³-hybridized carbons (Fsp3) is 0.250. The summed E-state index contributed by atoms with van der Waals surface area (Å²) in [6, 6.07) is 2.41. The lowest BCUT2D eigenvalue weighted by Crippen LogP contribution is -2.31. The van der Waals surface area contributed by atoms with E-state index in [4.69, 9.17) is 17.4 Å². The van der Waals surface area contributed by atoms with Crippen LogP contribution in [-0.4, -0.2) is 9.78 Å². The highest BCUT2D eigenvalue weighted by atomic mass is 35.5. The van der Waals surface area contributed by atoms with Gasteiger partial charge in [-0.15, -0.1) is 0 Å². The number of nitrogens with two attached hydrogens (primary N) is 1. The maximum atomic E-state index is 13.8. The molecule has 0 bridgehead atoms. The molecule has 4 nitrogen and oxygen atoms in total. The summed E-state index contributed by atoms with van der Waals surface area (Å²) in [5, 5.41) is 4.39.